The molecule has 2 aliphatic rings. The fourth-order valence-electron chi connectivity index (χ4n) is 5.31. The van der Waals surface area contributed by atoms with E-state index in [4.69, 9.17) is 21.1 Å². The highest BCUT2D eigenvalue weighted by molar-refractivity contribution is 6.31. The Hall–Kier alpha value is -3.36. The number of ether oxygens (including phenoxy) is 2. The van der Waals surface area contributed by atoms with E-state index in [0.717, 1.165) is 23.0 Å². The van der Waals surface area contributed by atoms with Crippen molar-refractivity contribution in [3.63, 3.8) is 0 Å². The van der Waals surface area contributed by atoms with E-state index in [0.29, 0.717) is 31.0 Å². The molecule has 1 aliphatic heterocycles. The zero-order valence-electron chi connectivity index (χ0n) is 23.3. The number of amides is 2. The Labute approximate surface area is 250 Å². The van der Waals surface area contributed by atoms with Gasteiger partial charge in [-0.3, -0.25) is 9.80 Å². The number of carbonyl (C=O) groups excluding carboxylic acids is 2. The molecule has 4 rings (SSSR count). The number of halogens is 10. The van der Waals surface area contributed by atoms with E-state index in [1.165, 1.54) is 13.8 Å². The van der Waals surface area contributed by atoms with Crippen LogP contribution in [0.2, 0.25) is 5.02 Å². The third kappa shape index (κ3) is 7.13. The van der Waals surface area contributed by atoms with E-state index in [1.54, 1.807) is 0 Å². The summed E-state index contributed by atoms with van der Waals surface area (Å²) in [5.41, 5.74) is -5.52. The molecule has 2 atom stereocenters. The summed E-state index contributed by atoms with van der Waals surface area (Å²) in [5, 5.41) is -0.799. The van der Waals surface area contributed by atoms with Crippen molar-refractivity contribution in [2.45, 2.75) is 76.4 Å². The van der Waals surface area contributed by atoms with Crippen LogP contribution < -0.4 is 4.90 Å². The lowest BCUT2D eigenvalue weighted by atomic mass is 9.86. The van der Waals surface area contributed by atoms with Crippen LogP contribution in [0.25, 0.3) is 0 Å². The van der Waals surface area contributed by atoms with Gasteiger partial charge in [0.15, 0.2) is 0 Å². The third-order valence-corrected chi connectivity index (χ3v) is 7.63. The predicted molar refractivity (Wildman–Crippen MR) is 139 cm³/mol. The van der Waals surface area contributed by atoms with Crippen molar-refractivity contribution in [1.29, 1.82) is 0 Å². The summed E-state index contributed by atoms with van der Waals surface area (Å²) in [7, 11) is 0.927. The highest BCUT2D eigenvalue weighted by Gasteiger charge is 2.49. The first-order chi connectivity index (χ1) is 20.2. The van der Waals surface area contributed by atoms with Crippen molar-refractivity contribution < 1.29 is 58.6 Å². The molecule has 2 aromatic rings. The molecule has 1 saturated carbocycles. The zero-order chi connectivity index (χ0) is 32.9. The van der Waals surface area contributed by atoms with Crippen LogP contribution in [0.15, 0.2) is 30.3 Å². The SMILES string of the molecule is COC(=O)N(Cc1cc(C(F)(F)F)cc(C(F)(F)F)c1)C1CC(C2CC2)N(C(=O)OC(C)C)c2cc(C(F)(F)F)c(Cl)cc21. The van der Waals surface area contributed by atoms with E-state index in [-0.39, 0.29) is 29.7 Å². The summed E-state index contributed by atoms with van der Waals surface area (Å²) in [5.74, 6) is -0.236. The smallest absolute Gasteiger partial charge is 0.417 e. The van der Waals surface area contributed by atoms with Gasteiger partial charge < -0.3 is 9.47 Å². The second-order valence-corrected chi connectivity index (χ2v) is 11.3. The highest BCUT2D eigenvalue weighted by Crippen LogP contribution is 2.51. The maximum atomic E-state index is 13.9. The van der Waals surface area contributed by atoms with E-state index < -0.39 is 82.7 Å². The van der Waals surface area contributed by atoms with Gasteiger partial charge in [-0.2, -0.15) is 39.5 Å². The second-order valence-electron chi connectivity index (χ2n) is 10.9. The molecule has 0 radical (unpaired) electrons. The summed E-state index contributed by atoms with van der Waals surface area (Å²) in [6, 6.07) is 0.227. The van der Waals surface area contributed by atoms with E-state index in [1.807, 2.05) is 0 Å². The molecule has 2 unspecified atom stereocenters. The average Bonchev–Trinajstić information content (AvgIpc) is 3.73. The lowest BCUT2D eigenvalue weighted by Crippen LogP contribution is -2.50. The Morgan fingerprint density at radius 3 is 1.95 bits per heavy atom. The molecule has 1 fully saturated rings. The number of hydrogen-bond donors (Lipinski definition) is 0. The van der Waals surface area contributed by atoms with Crippen molar-refractivity contribution >= 4 is 29.5 Å². The standard InChI is InChI=1S/C28H26ClF9N2O4/c1-13(2)44-25(42)40-21(15-4-5-15)11-22(18-9-20(29)19(10-23(18)40)28(36,37)38)39(24(41)43-3)12-14-6-16(26(30,31)32)8-17(7-14)27(33,34)35/h6-10,13,15,21-22H,4-5,11-12H2,1-3H3. The van der Waals surface area contributed by atoms with Crippen LogP contribution in [0, 0.1) is 5.92 Å². The first-order valence-corrected chi connectivity index (χ1v) is 13.6. The Bertz CT molecular complexity index is 1390. The largest absolute Gasteiger partial charge is 0.453 e. The summed E-state index contributed by atoms with van der Waals surface area (Å²) in [6.45, 7) is 2.21. The molecule has 0 N–H and O–H groups in total. The molecular formula is C28H26ClF9N2O4. The van der Waals surface area contributed by atoms with Gasteiger partial charge in [-0.15, -0.1) is 0 Å². The van der Waals surface area contributed by atoms with Gasteiger partial charge in [-0.1, -0.05) is 11.6 Å². The number of carbonyl (C=O) groups is 2. The number of methoxy groups -OCH3 is 1. The third-order valence-electron chi connectivity index (χ3n) is 7.32. The van der Waals surface area contributed by atoms with Crippen molar-refractivity contribution in [1.82, 2.24) is 4.90 Å². The zero-order valence-corrected chi connectivity index (χ0v) is 24.1. The molecule has 242 valence electrons. The van der Waals surface area contributed by atoms with Gasteiger partial charge in [0, 0.05) is 18.2 Å². The number of benzene rings is 2. The Morgan fingerprint density at radius 1 is 0.932 bits per heavy atom. The number of alkyl halides is 9. The number of hydrogen-bond acceptors (Lipinski definition) is 4. The molecule has 1 aliphatic carbocycles. The minimum Gasteiger partial charge on any atom is -0.453 e. The van der Waals surface area contributed by atoms with Crippen LogP contribution in [0.5, 0.6) is 0 Å². The molecule has 2 amide bonds. The number of nitrogens with zero attached hydrogens (tertiary/aromatic N) is 2. The van der Waals surface area contributed by atoms with Crippen LogP contribution in [0.1, 0.15) is 67.0 Å². The summed E-state index contributed by atoms with van der Waals surface area (Å²) >= 11 is 6.01. The molecule has 0 bridgehead atoms. The lowest BCUT2D eigenvalue weighted by molar-refractivity contribution is -0.143. The molecule has 1 heterocycles. The van der Waals surface area contributed by atoms with Crippen molar-refractivity contribution in [3.8, 4) is 0 Å². The molecule has 6 nitrogen and oxygen atoms in total. The van der Waals surface area contributed by atoms with E-state index >= 15 is 0 Å². The van der Waals surface area contributed by atoms with Crippen LogP contribution in [0.3, 0.4) is 0 Å². The topological polar surface area (TPSA) is 59.1 Å². The van der Waals surface area contributed by atoms with Crippen LogP contribution in [-0.4, -0.2) is 36.3 Å². The summed E-state index contributed by atoms with van der Waals surface area (Å²) in [6.07, 6.45) is -17.1. The van der Waals surface area contributed by atoms with Crippen molar-refractivity contribution in [2.24, 2.45) is 5.92 Å². The second kappa shape index (κ2) is 11.9. The summed E-state index contributed by atoms with van der Waals surface area (Å²) < 4.78 is 133. The van der Waals surface area contributed by atoms with Gasteiger partial charge in [0.1, 0.15) is 0 Å². The molecule has 0 saturated heterocycles. The Morgan fingerprint density at radius 2 is 1.50 bits per heavy atom. The molecular weight excluding hydrogens is 635 g/mol. The van der Waals surface area contributed by atoms with Gasteiger partial charge in [-0.05, 0) is 74.9 Å². The predicted octanol–water partition coefficient (Wildman–Crippen LogP) is 9.24. The van der Waals surface area contributed by atoms with E-state index in [2.05, 4.69) is 0 Å². The fraction of sp³-hybridized carbons (Fsp3) is 0.500. The normalized spacial score (nSPS) is 19.1. The minimum atomic E-state index is -5.17. The van der Waals surface area contributed by atoms with Gasteiger partial charge >= 0.3 is 30.7 Å². The number of anilines is 1. The van der Waals surface area contributed by atoms with Crippen molar-refractivity contribution in [3.05, 3.63) is 63.2 Å². The van der Waals surface area contributed by atoms with Gasteiger partial charge in [-0.25, -0.2) is 9.59 Å². The van der Waals surface area contributed by atoms with E-state index in [9.17, 15) is 49.1 Å². The molecule has 2 aromatic carbocycles. The number of fused-ring (bicyclic) bond motifs is 1. The van der Waals surface area contributed by atoms with Gasteiger partial charge in [0.2, 0.25) is 0 Å². The van der Waals surface area contributed by atoms with Gasteiger partial charge in [0.25, 0.3) is 0 Å². The molecule has 16 heteroatoms. The maximum Gasteiger partial charge on any atom is 0.417 e. The van der Waals surface area contributed by atoms with Gasteiger partial charge in [0.05, 0.1) is 46.7 Å². The average molecular weight is 661 g/mol. The highest BCUT2D eigenvalue weighted by atomic mass is 35.5. The maximum absolute atomic E-state index is 13.9. The summed E-state index contributed by atoms with van der Waals surface area (Å²) in [4.78, 5) is 28.2. The Balaban J connectivity index is 1.91. The van der Waals surface area contributed by atoms with Crippen molar-refractivity contribution in [2.75, 3.05) is 12.0 Å². The van der Waals surface area contributed by atoms with Crippen LogP contribution in [-0.2, 0) is 34.5 Å². The fourth-order valence-corrected chi connectivity index (χ4v) is 5.59. The minimum absolute atomic E-state index is 0.0678. The first kappa shape index (κ1) is 33.5. The molecule has 44 heavy (non-hydrogen) atoms. The van der Waals surface area contributed by atoms with Crippen LogP contribution >= 0.6 is 11.6 Å². The van der Waals surface area contributed by atoms with Crippen LogP contribution in [0.4, 0.5) is 54.8 Å². The quantitative estimate of drug-likeness (QED) is 0.300. The first-order valence-electron chi connectivity index (χ1n) is 13.3. The molecule has 0 aromatic heterocycles. The Kier molecular flexibility index (Phi) is 9.04. The number of rotatable bonds is 5. The molecule has 0 spiro atoms. The lowest BCUT2D eigenvalue weighted by Gasteiger charge is -2.44. The monoisotopic (exact) mass is 660 g/mol.